The maximum Gasteiger partial charge on any atom is 0.323 e. The maximum atomic E-state index is 12.4. The minimum absolute atomic E-state index is 0.169. The Morgan fingerprint density at radius 1 is 1.14 bits per heavy atom. The summed E-state index contributed by atoms with van der Waals surface area (Å²) in [5.74, 6) is -1.28. The van der Waals surface area contributed by atoms with Crippen LogP contribution in [0.5, 0.6) is 0 Å². The first kappa shape index (κ1) is 14.8. The number of aromatic nitrogens is 1. The average molecular weight is 286 g/mol. The fourth-order valence-electron chi connectivity index (χ4n) is 2.08. The first-order valence-electron chi connectivity index (χ1n) is 6.75. The molecular weight excluding hydrogens is 268 g/mol. The van der Waals surface area contributed by atoms with E-state index in [1.54, 1.807) is 26.0 Å². The molecular formula is C16H18N2O3. The van der Waals surface area contributed by atoms with Crippen LogP contribution in [0.1, 0.15) is 24.2 Å². The number of benzene rings is 1. The Hall–Kier alpha value is -2.56. The van der Waals surface area contributed by atoms with Gasteiger partial charge < -0.3 is 14.6 Å². The molecule has 1 aromatic carbocycles. The van der Waals surface area contributed by atoms with Crippen LogP contribution in [-0.4, -0.2) is 39.0 Å². The standard InChI is InChI=1S/C16H18N2O3/c1-12(2)18(11-15(19)20)16(21)13-5-7-14(8-6-13)17-9-3-4-10-17/h3-10,12H,11H2,1-2H3,(H,19,20). The summed E-state index contributed by atoms with van der Waals surface area (Å²) in [4.78, 5) is 24.6. The molecule has 0 atom stereocenters. The molecule has 2 rings (SSSR count). The fourth-order valence-corrected chi connectivity index (χ4v) is 2.08. The molecule has 0 aliphatic heterocycles. The summed E-state index contributed by atoms with van der Waals surface area (Å²) >= 11 is 0. The monoisotopic (exact) mass is 286 g/mol. The number of hydrogen-bond acceptors (Lipinski definition) is 2. The van der Waals surface area contributed by atoms with E-state index in [4.69, 9.17) is 5.11 Å². The molecule has 0 aliphatic rings. The molecule has 0 bridgehead atoms. The van der Waals surface area contributed by atoms with Crippen molar-refractivity contribution in [1.82, 2.24) is 9.47 Å². The average Bonchev–Trinajstić information content (AvgIpc) is 2.98. The van der Waals surface area contributed by atoms with Crippen molar-refractivity contribution in [3.8, 4) is 5.69 Å². The van der Waals surface area contributed by atoms with Crippen molar-refractivity contribution < 1.29 is 14.7 Å². The van der Waals surface area contributed by atoms with Gasteiger partial charge in [-0.2, -0.15) is 0 Å². The normalized spacial score (nSPS) is 10.6. The highest BCUT2D eigenvalue weighted by Gasteiger charge is 2.21. The van der Waals surface area contributed by atoms with Crippen LogP contribution in [-0.2, 0) is 4.79 Å². The summed E-state index contributed by atoms with van der Waals surface area (Å²) in [7, 11) is 0. The van der Waals surface area contributed by atoms with Gasteiger partial charge in [-0.05, 0) is 50.2 Å². The third-order valence-corrected chi connectivity index (χ3v) is 3.21. The lowest BCUT2D eigenvalue weighted by molar-refractivity contribution is -0.138. The van der Waals surface area contributed by atoms with Gasteiger partial charge in [0.1, 0.15) is 6.54 Å². The first-order valence-corrected chi connectivity index (χ1v) is 6.75. The lowest BCUT2D eigenvalue weighted by atomic mass is 10.1. The third kappa shape index (κ3) is 3.51. The Morgan fingerprint density at radius 3 is 2.19 bits per heavy atom. The lowest BCUT2D eigenvalue weighted by Gasteiger charge is -2.25. The van der Waals surface area contributed by atoms with Crippen molar-refractivity contribution >= 4 is 11.9 Å². The largest absolute Gasteiger partial charge is 0.480 e. The van der Waals surface area contributed by atoms with Crippen molar-refractivity contribution in [2.75, 3.05) is 6.54 Å². The smallest absolute Gasteiger partial charge is 0.323 e. The number of carbonyl (C=O) groups is 2. The van der Waals surface area contributed by atoms with Crippen LogP contribution in [0.25, 0.3) is 5.69 Å². The minimum atomic E-state index is -1.01. The number of hydrogen-bond donors (Lipinski definition) is 1. The van der Waals surface area contributed by atoms with Crippen LogP contribution in [0, 0.1) is 0 Å². The van der Waals surface area contributed by atoms with Crippen molar-refractivity contribution in [3.63, 3.8) is 0 Å². The molecule has 1 aromatic heterocycles. The SMILES string of the molecule is CC(C)N(CC(=O)O)C(=O)c1ccc(-n2cccc2)cc1. The second kappa shape index (κ2) is 6.26. The molecule has 1 heterocycles. The van der Waals surface area contributed by atoms with Crippen LogP contribution in [0.4, 0.5) is 0 Å². The molecule has 0 radical (unpaired) electrons. The van der Waals surface area contributed by atoms with E-state index >= 15 is 0 Å². The van der Waals surface area contributed by atoms with Gasteiger partial charge >= 0.3 is 5.97 Å². The van der Waals surface area contributed by atoms with Crippen LogP contribution < -0.4 is 0 Å². The topological polar surface area (TPSA) is 62.5 Å². The van der Waals surface area contributed by atoms with Crippen molar-refractivity contribution in [2.24, 2.45) is 0 Å². The van der Waals surface area contributed by atoms with Gasteiger partial charge in [-0.15, -0.1) is 0 Å². The van der Waals surface area contributed by atoms with E-state index in [1.165, 1.54) is 4.90 Å². The van der Waals surface area contributed by atoms with Crippen LogP contribution in [0.15, 0.2) is 48.8 Å². The van der Waals surface area contributed by atoms with Gasteiger partial charge in [0, 0.05) is 29.7 Å². The van der Waals surface area contributed by atoms with E-state index in [9.17, 15) is 9.59 Å². The number of amides is 1. The van der Waals surface area contributed by atoms with Crippen molar-refractivity contribution in [2.45, 2.75) is 19.9 Å². The Kier molecular flexibility index (Phi) is 4.42. The molecule has 0 fully saturated rings. The summed E-state index contributed by atoms with van der Waals surface area (Å²) in [5, 5.41) is 8.90. The van der Waals surface area contributed by atoms with Crippen LogP contribution in [0.3, 0.4) is 0 Å². The van der Waals surface area contributed by atoms with Gasteiger partial charge in [0.05, 0.1) is 0 Å². The predicted octanol–water partition coefficient (Wildman–Crippen LogP) is 2.41. The van der Waals surface area contributed by atoms with Gasteiger partial charge in [0.15, 0.2) is 0 Å². The minimum Gasteiger partial charge on any atom is -0.480 e. The fraction of sp³-hybridized carbons (Fsp3) is 0.250. The van der Waals surface area contributed by atoms with E-state index in [1.807, 2.05) is 41.2 Å². The second-order valence-corrected chi connectivity index (χ2v) is 5.06. The summed E-state index contributed by atoms with van der Waals surface area (Å²) in [6, 6.07) is 10.8. The summed E-state index contributed by atoms with van der Waals surface area (Å²) in [6.07, 6.45) is 3.84. The zero-order valence-electron chi connectivity index (χ0n) is 12.1. The molecule has 0 saturated carbocycles. The molecule has 5 nitrogen and oxygen atoms in total. The molecule has 0 spiro atoms. The second-order valence-electron chi connectivity index (χ2n) is 5.06. The lowest BCUT2D eigenvalue weighted by Crippen LogP contribution is -2.40. The van der Waals surface area contributed by atoms with Gasteiger partial charge in [-0.25, -0.2) is 0 Å². The first-order chi connectivity index (χ1) is 9.99. The molecule has 0 unspecified atom stereocenters. The number of carbonyl (C=O) groups excluding carboxylic acids is 1. The van der Waals surface area contributed by atoms with Gasteiger partial charge in [-0.3, -0.25) is 9.59 Å². The summed E-state index contributed by atoms with van der Waals surface area (Å²) in [5.41, 5.74) is 1.44. The van der Waals surface area contributed by atoms with Crippen LogP contribution in [0.2, 0.25) is 0 Å². The summed E-state index contributed by atoms with van der Waals surface area (Å²) < 4.78 is 1.94. The Labute approximate surface area is 123 Å². The molecule has 21 heavy (non-hydrogen) atoms. The van der Waals surface area contributed by atoms with Crippen LogP contribution >= 0.6 is 0 Å². The molecule has 2 aromatic rings. The molecule has 0 aliphatic carbocycles. The van der Waals surface area contributed by atoms with Gasteiger partial charge in [0.25, 0.3) is 5.91 Å². The zero-order chi connectivity index (χ0) is 15.4. The van der Waals surface area contributed by atoms with Gasteiger partial charge in [0.2, 0.25) is 0 Å². The highest BCUT2D eigenvalue weighted by Crippen LogP contribution is 2.13. The van der Waals surface area contributed by atoms with Gasteiger partial charge in [-0.1, -0.05) is 0 Å². The Balaban J connectivity index is 2.20. The third-order valence-electron chi connectivity index (χ3n) is 3.21. The molecule has 1 amide bonds. The number of nitrogens with zero attached hydrogens (tertiary/aromatic N) is 2. The van der Waals surface area contributed by atoms with Crippen molar-refractivity contribution in [1.29, 1.82) is 0 Å². The Morgan fingerprint density at radius 2 is 1.71 bits per heavy atom. The van der Waals surface area contributed by atoms with E-state index < -0.39 is 5.97 Å². The molecule has 1 N–H and O–H groups in total. The highest BCUT2D eigenvalue weighted by atomic mass is 16.4. The molecule has 110 valence electrons. The zero-order valence-corrected chi connectivity index (χ0v) is 12.1. The van der Waals surface area contributed by atoms with E-state index in [0.29, 0.717) is 5.56 Å². The number of aliphatic carboxylic acids is 1. The predicted molar refractivity (Wildman–Crippen MR) is 79.6 cm³/mol. The molecule has 5 heteroatoms. The van der Waals surface area contributed by atoms with E-state index in [0.717, 1.165) is 5.69 Å². The van der Waals surface area contributed by atoms with E-state index in [-0.39, 0.29) is 18.5 Å². The number of carboxylic acid groups (broad SMARTS) is 1. The summed E-state index contributed by atoms with van der Waals surface area (Å²) in [6.45, 7) is 3.31. The maximum absolute atomic E-state index is 12.4. The van der Waals surface area contributed by atoms with E-state index in [2.05, 4.69) is 0 Å². The number of carboxylic acids is 1. The quantitative estimate of drug-likeness (QED) is 0.918. The molecule has 0 saturated heterocycles. The highest BCUT2D eigenvalue weighted by molar-refractivity contribution is 5.96. The number of rotatable bonds is 5. The Bertz CT molecular complexity index is 615. The van der Waals surface area contributed by atoms with Crippen molar-refractivity contribution in [3.05, 3.63) is 54.4 Å².